The summed E-state index contributed by atoms with van der Waals surface area (Å²) in [5.74, 6) is -0.649. The molecule has 1 aromatic heterocycles. The van der Waals surface area contributed by atoms with Gasteiger partial charge in [0.1, 0.15) is 0 Å². The maximum absolute atomic E-state index is 13.0. The van der Waals surface area contributed by atoms with Gasteiger partial charge in [0.2, 0.25) is 5.13 Å². The molecule has 0 aliphatic carbocycles. The van der Waals surface area contributed by atoms with E-state index in [1.165, 1.54) is 12.1 Å². The lowest BCUT2D eigenvalue weighted by molar-refractivity contribution is 0.102. The van der Waals surface area contributed by atoms with Gasteiger partial charge >= 0.3 is 0 Å². The van der Waals surface area contributed by atoms with Gasteiger partial charge in [-0.25, -0.2) is 0 Å². The third-order valence-corrected chi connectivity index (χ3v) is 7.87. The van der Waals surface area contributed by atoms with Crippen LogP contribution >= 0.6 is 11.3 Å². The normalized spacial score (nSPS) is 11.6. The van der Waals surface area contributed by atoms with Gasteiger partial charge in [-0.1, -0.05) is 86.7 Å². The van der Waals surface area contributed by atoms with E-state index in [-0.39, 0.29) is 26.4 Å². The molecular weight excluding hydrogens is 496 g/mol. The SMILES string of the molecule is CC(C)(C)c1ccc(C(=O)c2cccc(NS(=O)(=O)c3nnc(NC(=O)c4ccccc4)s3)c2)cc1. The van der Waals surface area contributed by atoms with Gasteiger partial charge in [0.05, 0.1) is 0 Å². The van der Waals surface area contributed by atoms with Crippen LogP contribution in [0.2, 0.25) is 0 Å². The summed E-state index contributed by atoms with van der Waals surface area (Å²) < 4.78 is 27.8. The number of hydrogen-bond donors (Lipinski definition) is 2. The molecular formula is C26H24N4O4S2. The first kappa shape index (κ1) is 25.2. The molecule has 1 heterocycles. The molecule has 0 atom stereocenters. The van der Waals surface area contributed by atoms with E-state index in [0.29, 0.717) is 16.7 Å². The van der Waals surface area contributed by atoms with Gasteiger partial charge in [-0.3, -0.25) is 19.6 Å². The lowest BCUT2D eigenvalue weighted by Crippen LogP contribution is -2.13. The zero-order valence-electron chi connectivity index (χ0n) is 19.8. The van der Waals surface area contributed by atoms with E-state index < -0.39 is 15.9 Å². The molecule has 0 fully saturated rings. The van der Waals surface area contributed by atoms with E-state index in [2.05, 4.69) is 41.0 Å². The Kier molecular flexibility index (Phi) is 7.00. The average Bonchev–Trinajstić information content (AvgIpc) is 3.33. The second-order valence-corrected chi connectivity index (χ2v) is 11.9. The third kappa shape index (κ3) is 5.84. The van der Waals surface area contributed by atoms with Gasteiger partial charge in [-0.2, -0.15) is 8.42 Å². The number of carbonyl (C=O) groups is 2. The Balaban J connectivity index is 1.48. The minimum absolute atomic E-state index is 0.0331. The summed E-state index contributed by atoms with van der Waals surface area (Å²) >= 11 is 0.721. The fourth-order valence-corrected chi connectivity index (χ4v) is 5.28. The van der Waals surface area contributed by atoms with Crippen molar-refractivity contribution in [3.05, 3.63) is 101 Å². The maximum atomic E-state index is 13.0. The van der Waals surface area contributed by atoms with Crippen LogP contribution in [0.15, 0.2) is 83.2 Å². The highest BCUT2D eigenvalue weighted by molar-refractivity contribution is 7.94. The van der Waals surface area contributed by atoms with Crippen molar-refractivity contribution in [1.82, 2.24) is 10.2 Å². The Morgan fingerprint density at radius 3 is 2.14 bits per heavy atom. The lowest BCUT2D eigenvalue weighted by atomic mass is 9.86. The summed E-state index contributed by atoms with van der Waals surface area (Å²) in [5.41, 5.74) is 2.53. The number of sulfonamides is 1. The first-order valence-corrected chi connectivity index (χ1v) is 13.3. The number of amides is 1. The fourth-order valence-electron chi connectivity index (χ4n) is 3.34. The summed E-state index contributed by atoms with van der Waals surface area (Å²) in [5, 5.41) is 10.0. The summed E-state index contributed by atoms with van der Waals surface area (Å²) in [7, 11) is -4.09. The van der Waals surface area contributed by atoms with Crippen LogP contribution in [0.4, 0.5) is 10.8 Å². The van der Waals surface area contributed by atoms with E-state index in [9.17, 15) is 18.0 Å². The van der Waals surface area contributed by atoms with Crippen molar-refractivity contribution in [2.45, 2.75) is 30.5 Å². The number of hydrogen-bond acceptors (Lipinski definition) is 7. The highest BCUT2D eigenvalue weighted by atomic mass is 32.2. The fraction of sp³-hybridized carbons (Fsp3) is 0.154. The third-order valence-electron chi connectivity index (χ3n) is 5.28. The van der Waals surface area contributed by atoms with Gasteiger partial charge in [-0.15, -0.1) is 10.2 Å². The predicted molar refractivity (Wildman–Crippen MR) is 140 cm³/mol. The van der Waals surface area contributed by atoms with Gasteiger partial charge in [0.25, 0.3) is 20.3 Å². The first-order valence-electron chi connectivity index (χ1n) is 11.0. The number of benzene rings is 3. The Morgan fingerprint density at radius 1 is 0.806 bits per heavy atom. The van der Waals surface area contributed by atoms with Crippen LogP contribution in [-0.2, 0) is 15.4 Å². The maximum Gasteiger partial charge on any atom is 0.291 e. The van der Waals surface area contributed by atoms with Crippen molar-refractivity contribution in [1.29, 1.82) is 0 Å². The summed E-state index contributed by atoms with van der Waals surface area (Å²) in [6.45, 7) is 6.28. The molecule has 0 radical (unpaired) electrons. The van der Waals surface area contributed by atoms with Crippen LogP contribution in [0.3, 0.4) is 0 Å². The topological polar surface area (TPSA) is 118 Å². The molecule has 0 saturated carbocycles. The Labute approximate surface area is 213 Å². The predicted octanol–water partition coefficient (Wildman–Crippen LogP) is 5.12. The molecule has 2 N–H and O–H groups in total. The second kappa shape index (κ2) is 10.00. The van der Waals surface area contributed by atoms with Crippen molar-refractivity contribution in [3.63, 3.8) is 0 Å². The number of nitrogens with zero attached hydrogens (tertiary/aromatic N) is 2. The summed E-state index contributed by atoms with van der Waals surface area (Å²) in [6, 6.07) is 22.1. The molecule has 4 aromatic rings. The van der Waals surface area contributed by atoms with Crippen molar-refractivity contribution in [2.75, 3.05) is 10.0 Å². The quantitative estimate of drug-likeness (QED) is 0.258. The molecule has 0 unspecified atom stereocenters. The smallest absolute Gasteiger partial charge is 0.291 e. The van der Waals surface area contributed by atoms with Crippen LogP contribution in [0.5, 0.6) is 0 Å². The summed E-state index contributed by atoms with van der Waals surface area (Å²) in [6.07, 6.45) is 0. The van der Waals surface area contributed by atoms with E-state index >= 15 is 0 Å². The van der Waals surface area contributed by atoms with E-state index in [4.69, 9.17) is 0 Å². The van der Waals surface area contributed by atoms with Crippen LogP contribution in [0, 0.1) is 0 Å². The van der Waals surface area contributed by atoms with Gasteiger partial charge in [0, 0.05) is 22.4 Å². The minimum Gasteiger partial charge on any atom is -0.296 e. The highest BCUT2D eigenvalue weighted by Gasteiger charge is 2.22. The number of aromatic nitrogens is 2. The van der Waals surface area contributed by atoms with Crippen molar-refractivity contribution < 1.29 is 18.0 Å². The zero-order chi connectivity index (χ0) is 25.9. The molecule has 10 heteroatoms. The Hall–Kier alpha value is -3.89. The molecule has 1 amide bonds. The Bertz CT molecular complexity index is 1510. The van der Waals surface area contributed by atoms with Crippen molar-refractivity contribution in [3.8, 4) is 0 Å². The van der Waals surface area contributed by atoms with Crippen LogP contribution in [0.25, 0.3) is 0 Å². The molecule has 4 rings (SSSR count). The molecule has 3 aromatic carbocycles. The van der Waals surface area contributed by atoms with E-state index in [0.717, 1.165) is 16.9 Å². The molecule has 36 heavy (non-hydrogen) atoms. The van der Waals surface area contributed by atoms with Gasteiger partial charge in [0.15, 0.2) is 5.78 Å². The number of ketones is 1. The largest absolute Gasteiger partial charge is 0.296 e. The van der Waals surface area contributed by atoms with Gasteiger partial charge in [-0.05, 0) is 35.2 Å². The number of rotatable bonds is 7. The number of carbonyl (C=O) groups excluding carboxylic acids is 2. The molecule has 0 spiro atoms. The van der Waals surface area contributed by atoms with Crippen LogP contribution in [0.1, 0.15) is 52.6 Å². The highest BCUT2D eigenvalue weighted by Crippen LogP contribution is 2.25. The molecule has 184 valence electrons. The molecule has 0 saturated heterocycles. The number of anilines is 2. The second-order valence-electron chi connectivity index (χ2n) is 9.04. The Morgan fingerprint density at radius 2 is 1.47 bits per heavy atom. The molecule has 0 aliphatic heterocycles. The summed E-state index contributed by atoms with van der Waals surface area (Å²) in [4.78, 5) is 25.3. The van der Waals surface area contributed by atoms with Crippen molar-refractivity contribution >= 4 is 43.9 Å². The monoisotopic (exact) mass is 520 g/mol. The standard InChI is InChI=1S/C26H24N4O4S2/c1-26(2,3)20-14-12-17(13-15-20)22(31)19-10-7-11-21(16-19)30-36(33,34)25-29-28-24(35-25)27-23(32)18-8-5-4-6-9-18/h4-16,30H,1-3H3,(H,27,28,32). The zero-order valence-corrected chi connectivity index (χ0v) is 21.5. The van der Waals surface area contributed by atoms with E-state index in [1.54, 1.807) is 54.6 Å². The molecule has 0 aliphatic rings. The van der Waals surface area contributed by atoms with Crippen LogP contribution < -0.4 is 10.0 Å². The van der Waals surface area contributed by atoms with Crippen molar-refractivity contribution in [2.24, 2.45) is 0 Å². The lowest BCUT2D eigenvalue weighted by Gasteiger charge is -2.19. The van der Waals surface area contributed by atoms with Gasteiger partial charge < -0.3 is 0 Å². The number of nitrogens with one attached hydrogen (secondary N) is 2. The average molecular weight is 521 g/mol. The molecule has 0 bridgehead atoms. The minimum atomic E-state index is -4.09. The van der Waals surface area contributed by atoms with Crippen LogP contribution in [-0.4, -0.2) is 30.3 Å². The van der Waals surface area contributed by atoms with E-state index in [1.807, 2.05) is 12.1 Å². The molecule has 8 nitrogen and oxygen atoms in total. The first-order chi connectivity index (χ1) is 17.0.